The minimum Gasteiger partial charge on any atom is -0.358 e. The number of hydrogen-bond donors (Lipinski definition) is 2. The van der Waals surface area contributed by atoms with Crippen LogP contribution in [0, 0.1) is 5.82 Å². The Bertz CT molecular complexity index is 884. The van der Waals surface area contributed by atoms with Crippen LogP contribution in [-0.4, -0.2) is 16.9 Å². The highest BCUT2D eigenvalue weighted by Crippen LogP contribution is 2.29. The highest BCUT2D eigenvalue weighted by atomic mass is 19.1. The van der Waals surface area contributed by atoms with Crippen LogP contribution in [0.25, 0.3) is 10.9 Å². The third kappa shape index (κ3) is 2.61. The van der Waals surface area contributed by atoms with Gasteiger partial charge in [-0.05, 0) is 49.1 Å². The zero-order valence-electron chi connectivity index (χ0n) is 12.6. The van der Waals surface area contributed by atoms with Gasteiger partial charge in [0.15, 0.2) is 0 Å². The average molecular weight is 308 g/mol. The Kier molecular flexibility index (Phi) is 3.37. The maximum atomic E-state index is 13.3. The smallest absolute Gasteiger partial charge is 0.251 e. The van der Waals surface area contributed by atoms with Gasteiger partial charge < -0.3 is 10.3 Å². The molecule has 0 saturated heterocycles. The molecule has 4 rings (SSSR count). The molecule has 23 heavy (non-hydrogen) atoms. The van der Waals surface area contributed by atoms with Crippen molar-refractivity contribution in [3.63, 3.8) is 0 Å². The first-order valence-corrected chi connectivity index (χ1v) is 7.85. The summed E-state index contributed by atoms with van der Waals surface area (Å²) in [6.07, 6.45) is 2.61. The van der Waals surface area contributed by atoms with E-state index in [-0.39, 0.29) is 17.8 Å². The van der Waals surface area contributed by atoms with Gasteiger partial charge in [-0.3, -0.25) is 4.79 Å². The molecule has 1 heterocycles. The van der Waals surface area contributed by atoms with E-state index < -0.39 is 0 Å². The molecular formula is C19H17FN2O. The summed E-state index contributed by atoms with van der Waals surface area (Å²) in [4.78, 5) is 15.8. The molecule has 116 valence electrons. The van der Waals surface area contributed by atoms with E-state index in [1.807, 2.05) is 12.1 Å². The normalized spacial score (nSPS) is 17.0. The van der Waals surface area contributed by atoms with E-state index in [9.17, 15) is 9.18 Å². The molecule has 0 aliphatic heterocycles. The largest absolute Gasteiger partial charge is 0.358 e. The third-order valence-corrected chi connectivity index (χ3v) is 4.52. The summed E-state index contributed by atoms with van der Waals surface area (Å²) in [5.74, 6) is -0.599. The van der Waals surface area contributed by atoms with Crippen molar-refractivity contribution in [1.29, 1.82) is 0 Å². The standard InChI is InChI=1S/C19H17FN2O/c20-13-5-3-4-12(10-13)19(23)21-14-8-9-18-16(11-14)15-6-1-2-7-17(15)22-18/h1-7,10,14,22H,8-9,11H2,(H,21,23). The SMILES string of the molecule is O=C(NC1CCc2[nH]c3ccccc3c2C1)c1cccc(F)c1. The predicted molar refractivity (Wildman–Crippen MR) is 88.0 cm³/mol. The molecule has 1 atom stereocenters. The number of nitrogens with one attached hydrogen (secondary N) is 2. The lowest BCUT2D eigenvalue weighted by Crippen LogP contribution is -2.38. The molecule has 3 nitrogen and oxygen atoms in total. The van der Waals surface area contributed by atoms with E-state index in [1.165, 1.54) is 28.8 Å². The van der Waals surface area contributed by atoms with Gasteiger partial charge in [0.1, 0.15) is 5.82 Å². The predicted octanol–water partition coefficient (Wildman–Crippen LogP) is 3.59. The topological polar surface area (TPSA) is 44.9 Å². The molecule has 1 aliphatic carbocycles. The van der Waals surface area contributed by atoms with E-state index >= 15 is 0 Å². The number of carbonyl (C=O) groups excluding carboxylic acids is 1. The second kappa shape index (κ2) is 5.54. The van der Waals surface area contributed by atoms with E-state index in [0.717, 1.165) is 24.8 Å². The second-order valence-electron chi connectivity index (χ2n) is 6.05. The molecule has 0 radical (unpaired) electrons. The molecule has 0 fully saturated rings. The number of fused-ring (bicyclic) bond motifs is 3. The second-order valence-corrected chi connectivity index (χ2v) is 6.05. The Balaban J connectivity index is 1.55. The molecular weight excluding hydrogens is 291 g/mol. The molecule has 1 aromatic heterocycles. The van der Waals surface area contributed by atoms with Gasteiger partial charge in [0.25, 0.3) is 5.91 Å². The summed E-state index contributed by atoms with van der Waals surface area (Å²) in [5.41, 5.74) is 4.07. The fraction of sp³-hybridized carbons (Fsp3) is 0.211. The molecule has 2 N–H and O–H groups in total. The van der Waals surface area contributed by atoms with Crippen molar-refractivity contribution in [3.05, 3.63) is 71.2 Å². The number of aryl methyl sites for hydroxylation is 1. The molecule has 4 heteroatoms. The first-order valence-electron chi connectivity index (χ1n) is 7.85. The van der Waals surface area contributed by atoms with Crippen molar-refractivity contribution in [2.45, 2.75) is 25.3 Å². The maximum absolute atomic E-state index is 13.3. The van der Waals surface area contributed by atoms with Crippen LogP contribution < -0.4 is 5.32 Å². The van der Waals surface area contributed by atoms with Gasteiger partial charge in [0.2, 0.25) is 0 Å². The lowest BCUT2D eigenvalue weighted by Gasteiger charge is -2.23. The number of H-pyrrole nitrogens is 1. The lowest BCUT2D eigenvalue weighted by molar-refractivity contribution is 0.0933. The highest BCUT2D eigenvalue weighted by Gasteiger charge is 2.23. The van der Waals surface area contributed by atoms with Crippen molar-refractivity contribution in [1.82, 2.24) is 10.3 Å². The molecule has 1 unspecified atom stereocenters. The van der Waals surface area contributed by atoms with E-state index in [2.05, 4.69) is 22.4 Å². The molecule has 1 aliphatic rings. The molecule has 0 spiro atoms. The Morgan fingerprint density at radius 3 is 2.91 bits per heavy atom. The van der Waals surface area contributed by atoms with E-state index in [4.69, 9.17) is 0 Å². The summed E-state index contributed by atoms with van der Waals surface area (Å²) < 4.78 is 13.3. The molecule has 0 saturated carbocycles. The van der Waals surface area contributed by atoms with Crippen LogP contribution in [0.15, 0.2) is 48.5 Å². The van der Waals surface area contributed by atoms with Crippen LogP contribution >= 0.6 is 0 Å². The first kappa shape index (κ1) is 14.0. The van der Waals surface area contributed by atoms with Gasteiger partial charge in [-0.1, -0.05) is 24.3 Å². The summed E-state index contributed by atoms with van der Waals surface area (Å²) in [6, 6.07) is 14.1. The Morgan fingerprint density at radius 2 is 2.04 bits per heavy atom. The monoisotopic (exact) mass is 308 g/mol. The van der Waals surface area contributed by atoms with Crippen molar-refractivity contribution in [2.24, 2.45) is 0 Å². The fourth-order valence-electron chi connectivity index (χ4n) is 3.39. The van der Waals surface area contributed by atoms with Crippen molar-refractivity contribution in [2.75, 3.05) is 0 Å². The van der Waals surface area contributed by atoms with E-state index in [0.29, 0.717) is 5.56 Å². The number of amides is 1. The zero-order chi connectivity index (χ0) is 15.8. The number of aromatic nitrogens is 1. The van der Waals surface area contributed by atoms with Gasteiger partial charge in [-0.15, -0.1) is 0 Å². The highest BCUT2D eigenvalue weighted by molar-refractivity contribution is 5.94. The van der Waals surface area contributed by atoms with Crippen LogP contribution in [-0.2, 0) is 12.8 Å². The number of aromatic amines is 1. The number of halogens is 1. The molecule has 1 amide bonds. The molecule has 0 bridgehead atoms. The minimum atomic E-state index is -0.389. The Labute approximate surface area is 133 Å². The fourth-order valence-corrected chi connectivity index (χ4v) is 3.39. The van der Waals surface area contributed by atoms with Gasteiger partial charge >= 0.3 is 0 Å². The van der Waals surface area contributed by atoms with Crippen LogP contribution in [0.4, 0.5) is 4.39 Å². The van der Waals surface area contributed by atoms with E-state index in [1.54, 1.807) is 12.1 Å². The van der Waals surface area contributed by atoms with Crippen molar-refractivity contribution < 1.29 is 9.18 Å². The van der Waals surface area contributed by atoms with Crippen LogP contribution in [0.3, 0.4) is 0 Å². The minimum absolute atomic E-state index is 0.0810. The summed E-state index contributed by atoms with van der Waals surface area (Å²) >= 11 is 0. The van der Waals surface area contributed by atoms with Gasteiger partial charge in [0, 0.05) is 28.2 Å². The quantitative estimate of drug-likeness (QED) is 0.746. The van der Waals surface area contributed by atoms with Crippen LogP contribution in [0.5, 0.6) is 0 Å². The van der Waals surface area contributed by atoms with Gasteiger partial charge in [0.05, 0.1) is 0 Å². The summed E-state index contributed by atoms with van der Waals surface area (Å²) in [6.45, 7) is 0. The number of rotatable bonds is 2. The van der Waals surface area contributed by atoms with Crippen LogP contribution in [0.1, 0.15) is 28.0 Å². The van der Waals surface area contributed by atoms with Crippen molar-refractivity contribution >= 4 is 16.8 Å². The number of carbonyl (C=O) groups is 1. The lowest BCUT2D eigenvalue weighted by atomic mass is 9.91. The zero-order valence-corrected chi connectivity index (χ0v) is 12.6. The first-order chi connectivity index (χ1) is 11.2. The summed E-state index contributed by atoms with van der Waals surface area (Å²) in [5, 5.41) is 4.27. The van der Waals surface area contributed by atoms with Crippen molar-refractivity contribution in [3.8, 4) is 0 Å². The van der Waals surface area contributed by atoms with Gasteiger partial charge in [-0.25, -0.2) is 4.39 Å². The average Bonchev–Trinajstić information content (AvgIpc) is 2.93. The number of para-hydroxylation sites is 1. The Hall–Kier alpha value is -2.62. The summed E-state index contributed by atoms with van der Waals surface area (Å²) in [7, 11) is 0. The molecule has 2 aromatic carbocycles. The van der Waals surface area contributed by atoms with Crippen LogP contribution in [0.2, 0.25) is 0 Å². The maximum Gasteiger partial charge on any atom is 0.251 e. The number of hydrogen-bond acceptors (Lipinski definition) is 1. The molecule has 3 aromatic rings. The Morgan fingerprint density at radius 1 is 1.17 bits per heavy atom. The number of benzene rings is 2. The third-order valence-electron chi connectivity index (χ3n) is 4.52. The van der Waals surface area contributed by atoms with Gasteiger partial charge in [-0.2, -0.15) is 0 Å².